The molecule has 1 aliphatic rings. The van der Waals surface area contributed by atoms with Crippen molar-refractivity contribution in [1.82, 2.24) is 15.2 Å². The minimum absolute atomic E-state index is 0.339. The molecule has 3 rings (SSSR count). The number of rotatable bonds is 4. The van der Waals surface area contributed by atoms with E-state index in [-0.39, 0.29) is 0 Å². The molecule has 134 valence electrons. The smallest absolute Gasteiger partial charge is 0.350 e. The van der Waals surface area contributed by atoms with Gasteiger partial charge in [0.1, 0.15) is 0 Å². The quantitative estimate of drug-likeness (QED) is 0.777. The molecular formula is C17H20F3N5. The third-order valence-electron chi connectivity index (χ3n) is 4.23. The lowest BCUT2D eigenvalue weighted by molar-refractivity contribution is -0.137. The Morgan fingerprint density at radius 2 is 1.64 bits per heavy atom. The predicted octanol–water partition coefficient (Wildman–Crippen LogP) is 4.77. The van der Waals surface area contributed by atoms with E-state index in [2.05, 4.69) is 25.8 Å². The van der Waals surface area contributed by atoms with Crippen LogP contribution >= 0.6 is 0 Å². The first kappa shape index (κ1) is 17.4. The number of anilines is 3. The normalized spacial score (nSPS) is 16.3. The van der Waals surface area contributed by atoms with Crippen LogP contribution < -0.4 is 10.6 Å². The van der Waals surface area contributed by atoms with Gasteiger partial charge in [0.05, 0.1) is 11.8 Å². The van der Waals surface area contributed by atoms with Gasteiger partial charge in [-0.05, 0) is 37.1 Å². The standard InChI is InChI=1S/C17H20F3N5/c18-17(19,20)12-7-9-14(10-8-12)22-15-11-21-25-16(24-15)23-13-5-3-1-2-4-6-13/h7-11,13H,1-6H2,(H2,22,23,24,25). The molecule has 0 unspecified atom stereocenters. The van der Waals surface area contributed by atoms with Gasteiger partial charge in [0.2, 0.25) is 5.95 Å². The second-order valence-electron chi connectivity index (χ2n) is 6.20. The highest BCUT2D eigenvalue weighted by molar-refractivity contribution is 5.56. The Morgan fingerprint density at radius 1 is 0.960 bits per heavy atom. The van der Waals surface area contributed by atoms with Crippen molar-refractivity contribution in [3.8, 4) is 0 Å². The average Bonchev–Trinajstić information content (AvgIpc) is 2.83. The lowest BCUT2D eigenvalue weighted by Gasteiger charge is -2.16. The number of alkyl halides is 3. The zero-order valence-electron chi connectivity index (χ0n) is 13.7. The highest BCUT2D eigenvalue weighted by Crippen LogP contribution is 2.30. The van der Waals surface area contributed by atoms with Crippen LogP contribution in [0.15, 0.2) is 30.5 Å². The summed E-state index contributed by atoms with van der Waals surface area (Å²) in [6.45, 7) is 0. The van der Waals surface area contributed by atoms with Crippen molar-refractivity contribution < 1.29 is 13.2 Å². The maximum absolute atomic E-state index is 12.6. The molecule has 2 aromatic rings. The second-order valence-corrected chi connectivity index (χ2v) is 6.20. The molecule has 0 amide bonds. The Balaban J connectivity index is 1.65. The van der Waals surface area contributed by atoms with E-state index >= 15 is 0 Å². The van der Waals surface area contributed by atoms with E-state index in [1.807, 2.05) is 0 Å². The van der Waals surface area contributed by atoms with E-state index < -0.39 is 11.7 Å². The molecule has 8 heteroatoms. The zero-order valence-corrected chi connectivity index (χ0v) is 13.7. The number of hydrogen-bond donors (Lipinski definition) is 2. The molecule has 1 heterocycles. The molecule has 1 saturated carbocycles. The first-order chi connectivity index (χ1) is 12.0. The van der Waals surface area contributed by atoms with Crippen LogP contribution in [0.2, 0.25) is 0 Å². The summed E-state index contributed by atoms with van der Waals surface area (Å²) < 4.78 is 37.8. The van der Waals surface area contributed by atoms with E-state index in [1.54, 1.807) is 0 Å². The van der Waals surface area contributed by atoms with E-state index in [0.29, 0.717) is 23.5 Å². The fourth-order valence-corrected chi connectivity index (χ4v) is 2.92. The lowest BCUT2D eigenvalue weighted by atomic mass is 10.1. The van der Waals surface area contributed by atoms with Crippen molar-refractivity contribution in [2.75, 3.05) is 10.6 Å². The maximum Gasteiger partial charge on any atom is 0.416 e. The van der Waals surface area contributed by atoms with Crippen LogP contribution in [0, 0.1) is 0 Å². The third kappa shape index (κ3) is 5.04. The van der Waals surface area contributed by atoms with Crippen LogP contribution in [0.1, 0.15) is 44.1 Å². The van der Waals surface area contributed by atoms with Crippen molar-refractivity contribution >= 4 is 17.5 Å². The van der Waals surface area contributed by atoms with E-state index in [9.17, 15) is 13.2 Å². The fraction of sp³-hybridized carbons (Fsp3) is 0.471. The van der Waals surface area contributed by atoms with Crippen molar-refractivity contribution in [3.05, 3.63) is 36.0 Å². The number of nitrogens with zero attached hydrogens (tertiary/aromatic N) is 3. The maximum atomic E-state index is 12.6. The minimum atomic E-state index is -4.34. The molecule has 0 radical (unpaired) electrons. The van der Waals surface area contributed by atoms with Gasteiger partial charge >= 0.3 is 6.18 Å². The monoisotopic (exact) mass is 351 g/mol. The van der Waals surface area contributed by atoms with Gasteiger partial charge in [0.15, 0.2) is 5.82 Å². The number of hydrogen-bond acceptors (Lipinski definition) is 5. The number of halogens is 3. The number of nitrogens with one attached hydrogen (secondary N) is 2. The fourth-order valence-electron chi connectivity index (χ4n) is 2.92. The van der Waals surface area contributed by atoms with Gasteiger partial charge in [-0.15, -0.1) is 5.10 Å². The van der Waals surface area contributed by atoms with Gasteiger partial charge in [-0.3, -0.25) is 0 Å². The predicted molar refractivity (Wildman–Crippen MR) is 89.7 cm³/mol. The van der Waals surface area contributed by atoms with Gasteiger partial charge in [0.25, 0.3) is 0 Å². The average molecular weight is 351 g/mol. The molecule has 1 aromatic heterocycles. The summed E-state index contributed by atoms with van der Waals surface area (Å²) in [5, 5.41) is 14.2. The van der Waals surface area contributed by atoms with Crippen LogP contribution in [-0.2, 0) is 6.18 Å². The summed E-state index contributed by atoms with van der Waals surface area (Å²) in [7, 11) is 0. The molecule has 25 heavy (non-hydrogen) atoms. The molecule has 0 saturated heterocycles. The molecular weight excluding hydrogens is 331 g/mol. The van der Waals surface area contributed by atoms with Crippen molar-refractivity contribution in [1.29, 1.82) is 0 Å². The summed E-state index contributed by atoms with van der Waals surface area (Å²) in [5.74, 6) is 0.870. The molecule has 1 fully saturated rings. The summed E-state index contributed by atoms with van der Waals surface area (Å²) in [5.41, 5.74) is -0.177. The Labute approximate surface area is 144 Å². The highest BCUT2D eigenvalue weighted by atomic mass is 19.4. The summed E-state index contributed by atoms with van der Waals surface area (Å²) in [6.07, 6.45) is 4.16. The molecule has 5 nitrogen and oxygen atoms in total. The first-order valence-corrected chi connectivity index (χ1v) is 8.41. The molecule has 0 atom stereocenters. The molecule has 0 spiro atoms. The Kier molecular flexibility index (Phi) is 5.35. The SMILES string of the molecule is FC(F)(F)c1ccc(Nc2cnnc(NC3CCCCCC3)n2)cc1. The largest absolute Gasteiger partial charge is 0.416 e. The van der Waals surface area contributed by atoms with Gasteiger partial charge in [-0.2, -0.15) is 23.3 Å². The highest BCUT2D eigenvalue weighted by Gasteiger charge is 2.29. The summed E-state index contributed by atoms with van der Waals surface area (Å²) in [6, 6.07) is 5.13. The van der Waals surface area contributed by atoms with Crippen molar-refractivity contribution in [3.63, 3.8) is 0 Å². The van der Waals surface area contributed by atoms with E-state index in [4.69, 9.17) is 0 Å². The van der Waals surface area contributed by atoms with E-state index in [1.165, 1.54) is 44.0 Å². The zero-order chi connectivity index (χ0) is 17.7. The molecule has 0 aliphatic heterocycles. The van der Waals surface area contributed by atoms with Gasteiger partial charge in [0, 0.05) is 11.7 Å². The summed E-state index contributed by atoms with van der Waals surface area (Å²) in [4.78, 5) is 4.35. The summed E-state index contributed by atoms with van der Waals surface area (Å²) >= 11 is 0. The first-order valence-electron chi connectivity index (χ1n) is 8.41. The Bertz CT molecular complexity index is 679. The van der Waals surface area contributed by atoms with Gasteiger partial charge in [-0.25, -0.2) is 0 Å². The Hall–Kier alpha value is -2.38. The van der Waals surface area contributed by atoms with Crippen molar-refractivity contribution in [2.24, 2.45) is 0 Å². The molecule has 0 bridgehead atoms. The minimum Gasteiger partial charge on any atom is -0.350 e. The van der Waals surface area contributed by atoms with Crippen LogP contribution in [-0.4, -0.2) is 21.2 Å². The van der Waals surface area contributed by atoms with Crippen LogP contribution in [0.4, 0.5) is 30.6 Å². The van der Waals surface area contributed by atoms with Crippen molar-refractivity contribution in [2.45, 2.75) is 50.7 Å². The van der Waals surface area contributed by atoms with Crippen LogP contribution in [0.5, 0.6) is 0 Å². The third-order valence-corrected chi connectivity index (χ3v) is 4.23. The van der Waals surface area contributed by atoms with Gasteiger partial charge in [-0.1, -0.05) is 25.7 Å². The van der Waals surface area contributed by atoms with E-state index in [0.717, 1.165) is 25.0 Å². The van der Waals surface area contributed by atoms with Gasteiger partial charge < -0.3 is 10.6 Å². The molecule has 1 aromatic carbocycles. The van der Waals surface area contributed by atoms with Crippen LogP contribution in [0.25, 0.3) is 0 Å². The second kappa shape index (κ2) is 7.67. The topological polar surface area (TPSA) is 62.7 Å². The molecule has 2 N–H and O–H groups in total. The Morgan fingerprint density at radius 3 is 2.28 bits per heavy atom. The number of benzene rings is 1. The lowest BCUT2D eigenvalue weighted by Crippen LogP contribution is -2.20. The van der Waals surface area contributed by atoms with Crippen LogP contribution in [0.3, 0.4) is 0 Å². The molecule has 1 aliphatic carbocycles. The number of aromatic nitrogens is 3.